The molecule has 1 atom stereocenters. The second-order valence-corrected chi connectivity index (χ2v) is 8.61. The Hall–Kier alpha value is -0.510. The van der Waals surface area contributed by atoms with Crippen molar-refractivity contribution in [3.63, 3.8) is 0 Å². The number of thioether (sulfide) groups is 1. The van der Waals surface area contributed by atoms with Crippen molar-refractivity contribution in [3.8, 4) is 0 Å². The average Bonchev–Trinajstić information content (AvgIpc) is 3.29. The van der Waals surface area contributed by atoms with E-state index in [1.165, 1.54) is 36.6 Å². The van der Waals surface area contributed by atoms with Gasteiger partial charge in [-0.25, -0.2) is 0 Å². The van der Waals surface area contributed by atoms with Crippen LogP contribution in [0.15, 0.2) is 35.2 Å². The molecular formula is C18H28N2S. The van der Waals surface area contributed by atoms with Gasteiger partial charge in [-0.3, -0.25) is 4.90 Å². The van der Waals surface area contributed by atoms with Crippen molar-refractivity contribution in [3.05, 3.63) is 30.3 Å². The normalized spacial score (nSPS) is 29.5. The van der Waals surface area contributed by atoms with Crippen LogP contribution in [0.25, 0.3) is 0 Å². The zero-order chi connectivity index (χ0) is 14.9. The lowest BCUT2D eigenvalue weighted by molar-refractivity contribution is 0.0297. The van der Waals surface area contributed by atoms with E-state index in [-0.39, 0.29) is 5.54 Å². The minimum Gasteiger partial charge on any atom is -0.308 e. The van der Waals surface area contributed by atoms with Crippen molar-refractivity contribution < 1.29 is 0 Å². The number of piperazine rings is 1. The van der Waals surface area contributed by atoms with Gasteiger partial charge in [0.25, 0.3) is 0 Å². The highest BCUT2D eigenvalue weighted by molar-refractivity contribution is 7.99. The molecule has 1 N–H and O–H groups in total. The molecule has 0 amide bonds. The standard InChI is InChI=1S/C18H28N2S/c1-17(2)13-19-18(3,15-9-10-15)14-20(17)11-12-21-16-7-5-4-6-8-16/h4-8,15,19H,9-14H2,1-3H3. The summed E-state index contributed by atoms with van der Waals surface area (Å²) in [6.07, 6.45) is 2.83. The van der Waals surface area contributed by atoms with E-state index in [4.69, 9.17) is 0 Å². The Morgan fingerprint density at radius 2 is 1.90 bits per heavy atom. The topological polar surface area (TPSA) is 15.3 Å². The zero-order valence-corrected chi connectivity index (χ0v) is 14.4. The molecule has 1 aliphatic heterocycles. The molecule has 3 heteroatoms. The fourth-order valence-corrected chi connectivity index (χ4v) is 4.26. The largest absolute Gasteiger partial charge is 0.308 e. The third-order valence-electron chi connectivity index (χ3n) is 5.15. The lowest BCUT2D eigenvalue weighted by Crippen LogP contribution is -2.68. The molecule has 0 aromatic heterocycles. The molecule has 21 heavy (non-hydrogen) atoms. The summed E-state index contributed by atoms with van der Waals surface area (Å²) >= 11 is 1.98. The highest BCUT2D eigenvalue weighted by atomic mass is 32.2. The first kappa shape index (κ1) is 15.4. The number of nitrogens with zero attached hydrogens (tertiary/aromatic N) is 1. The predicted molar refractivity (Wildman–Crippen MR) is 91.9 cm³/mol. The van der Waals surface area contributed by atoms with Crippen LogP contribution in [0, 0.1) is 5.92 Å². The Balaban J connectivity index is 1.56. The van der Waals surface area contributed by atoms with E-state index in [9.17, 15) is 0 Å². The van der Waals surface area contributed by atoms with Crippen LogP contribution in [0.1, 0.15) is 33.6 Å². The first-order chi connectivity index (χ1) is 10.00. The Labute approximate surface area is 133 Å². The first-order valence-electron chi connectivity index (χ1n) is 8.18. The van der Waals surface area contributed by atoms with Gasteiger partial charge in [-0.05, 0) is 51.7 Å². The fourth-order valence-electron chi connectivity index (χ4n) is 3.36. The summed E-state index contributed by atoms with van der Waals surface area (Å²) in [6.45, 7) is 10.7. The predicted octanol–water partition coefficient (Wildman–Crippen LogP) is 3.63. The van der Waals surface area contributed by atoms with E-state index in [1.54, 1.807) is 0 Å². The van der Waals surface area contributed by atoms with Crippen molar-refractivity contribution in [1.29, 1.82) is 0 Å². The van der Waals surface area contributed by atoms with E-state index in [0.717, 1.165) is 12.5 Å². The summed E-state index contributed by atoms with van der Waals surface area (Å²) in [5.74, 6) is 2.08. The smallest absolute Gasteiger partial charge is 0.0309 e. The molecule has 1 aromatic carbocycles. The molecule has 1 unspecified atom stereocenters. The molecule has 1 heterocycles. The molecule has 2 nitrogen and oxygen atoms in total. The van der Waals surface area contributed by atoms with Gasteiger partial charge in [0.15, 0.2) is 0 Å². The number of hydrogen-bond acceptors (Lipinski definition) is 3. The molecule has 1 aromatic rings. The highest BCUT2D eigenvalue weighted by Crippen LogP contribution is 2.42. The molecule has 0 spiro atoms. The van der Waals surface area contributed by atoms with E-state index >= 15 is 0 Å². The van der Waals surface area contributed by atoms with Crippen molar-refractivity contribution in [2.24, 2.45) is 5.92 Å². The third-order valence-corrected chi connectivity index (χ3v) is 6.14. The van der Waals surface area contributed by atoms with Gasteiger partial charge >= 0.3 is 0 Å². The van der Waals surface area contributed by atoms with Gasteiger partial charge in [-0.1, -0.05) is 18.2 Å². The molecule has 0 radical (unpaired) electrons. The SMILES string of the molecule is CC1(C2CC2)CN(CCSc2ccccc2)C(C)(C)CN1. The van der Waals surface area contributed by atoms with E-state index < -0.39 is 0 Å². The summed E-state index contributed by atoms with van der Waals surface area (Å²) in [5, 5.41) is 3.84. The maximum atomic E-state index is 3.84. The number of nitrogens with one attached hydrogen (secondary N) is 1. The number of hydrogen-bond donors (Lipinski definition) is 1. The van der Waals surface area contributed by atoms with Crippen molar-refractivity contribution in [2.75, 3.05) is 25.4 Å². The second-order valence-electron chi connectivity index (χ2n) is 7.44. The lowest BCUT2D eigenvalue weighted by atomic mass is 9.87. The molecular weight excluding hydrogens is 276 g/mol. The van der Waals surface area contributed by atoms with Gasteiger partial charge < -0.3 is 5.32 Å². The van der Waals surface area contributed by atoms with E-state index in [0.29, 0.717) is 5.54 Å². The van der Waals surface area contributed by atoms with Gasteiger partial charge in [-0.2, -0.15) is 0 Å². The summed E-state index contributed by atoms with van der Waals surface area (Å²) in [7, 11) is 0. The monoisotopic (exact) mass is 304 g/mol. The molecule has 3 rings (SSSR count). The minimum atomic E-state index is 0.269. The Morgan fingerprint density at radius 3 is 2.57 bits per heavy atom. The van der Waals surface area contributed by atoms with Crippen molar-refractivity contribution in [2.45, 2.75) is 49.6 Å². The van der Waals surface area contributed by atoms with Crippen LogP contribution in [0.3, 0.4) is 0 Å². The Morgan fingerprint density at radius 1 is 1.19 bits per heavy atom. The van der Waals surface area contributed by atoms with Crippen LogP contribution in [0.5, 0.6) is 0 Å². The second kappa shape index (κ2) is 5.94. The summed E-state index contributed by atoms with van der Waals surface area (Å²) in [5.41, 5.74) is 0.610. The van der Waals surface area contributed by atoms with Crippen LogP contribution in [0.2, 0.25) is 0 Å². The Kier molecular flexibility index (Phi) is 4.35. The van der Waals surface area contributed by atoms with Crippen LogP contribution in [0.4, 0.5) is 0 Å². The van der Waals surface area contributed by atoms with Gasteiger partial charge in [-0.15, -0.1) is 11.8 Å². The Bertz CT molecular complexity index is 469. The van der Waals surface area contributed by atoms with Gasteiger partial charge in [0.1, 0.15) is 0 Å². The van der Waals surface area contributed by atoms with E-state index in [2.05, 4.69) is 61.3 Å². The maximum absolute atomic E-state index is 3.84. The lowest BCUT2D eigenvalue weighted by Gasteiger charge is -2.51. The third kappa shape index (κ3) is 3.64. The minimum absolute atomic E-state index is 0.269. The fraction of sp³-hybridized carbons (Fsp3) is 0.667. The van der Waals surface area contributed by atoms with Gasteiger partial charge in [0.05, 0.1) is 0 Å². The molecule has 0 bridgehead atoms. The van der Waals surface area contributed by atoms with Crippen LogP contribution in [-0.2, 0) is 0 Å². The molecule has 1 saturated carbocycles. The molecule has 1 aliphatic carbocycles. The summed E-state index contributed by atoms with van der Waals surface area (Å²) in [4.78, 5) is 4.09. The van der Waals surface area contributed by atoms with Crippen LogP contribution in [-0.4, -0.2) is 41.4 Å². The zero-order valence-electron chi connectivity index (χ0n) is 13.6. The number of benzene rings is 1. The van der Waals surface area contributed by atoms with Gasteiger partial charge in [0.2, 0.25) is 0 Å². The first-order valence-corrected chi connectivity index (χ1v) is 9.16. The average molecular weight is 305 g/mol. The molecule has 2 fully saturated rings. The van der Waals surface area contributed by atoms with Crippen LogP contribution >= 0.6 is 11.8 Å². The van der Waals surface area contributed by atoms with Gasteiger partial charge in [0, 0.05) is 41.4 Å². The molecule has 1 saturated heterocycles. The van der Waals surface area contributed by atoms with Crippen LogP contribution < -0.4 is 5.32 Å². The van der Waals surface area contributed by atoms with Crippen molar-refractivity contribution >= 4 is 11.8 Å². The highest BCUT2D eigenvalue weighted by Gasteiger charge is 2.47. The van der Waals surface area contributed by atoms with E-state index in [1.807, 2.05) is 11.8 Å². The maximum Gasteiger partial charge on any atom is 0.0309 e. The van der Waals surface area contributed by atoms with Crippen molar-refractivity contribution in [1.82, 2.24) is 10.2 Å². The molecule has 2 aliphatic rings. The molecule has 116 valence electrons. The quantitative estimate of drug-likeness (QED) is 0.836. The summed E-state index contributed by atoms with van der Waals surface area (Å²) in [6, 6.07) is 10.8. The summed E-state index contributed by atoms with van der Waals surface area (Å²) < 4.78 is 0. The number of rotatable bonds is 5.